The van der Waals surface area contributed by atoms with Crippen LogP contribution < -0.4 is 139 Å². The van der Waals surface area contributed by atoms with Gasteiger partial charge in [-0.15, -0.1) is 0 Å². The van der Waals surface area contributed by atoms with Crippen LogP contribution in [0.15, 0.2) is 0 Å². The summed E-state index contributed by atoms with van der Waals surface area (Å²) in [6.07, 6.45) is 28.6. The summed E-state index contributed by atoms with van der Waals surface area (Å²) in [6.45, 7) is 0. The molecule has 80 heavy (non-hydrogen) atoms. The van der Waals surface area contributed by atoms with Crippen LogP contribution in [0, 0.1) is 11.8 Å². The van der Waals surface area contributed by atoms with E-state index in [4.69, 9.17) is 20.4 Å². The van der Waals surface area contributed by atoms with Crippen LogP contribution in [-0.2, 0) is 58.6 Å². The number of carboxylic acid groups (broad SMARTS) is 8. The molecule has 2 unspecified atom stereocenters. The second kappa shape index (κ2) is 54.0. The monoisotopic (exact) mass is 1220 g/mol. The van der Waals surface area contributed by atoms with E-state index in [0.717, 1.165) is 141 Å². The zero-order valence-electron chi connectivity index (χ0n) is 48.5. The Bertz CT molecular complexity index is 1780. The third-order valence-electron chi connectivity index (χ3n) is 13.9. The molecule has 0 saturated heterocycles. The average molecular weight is 1220 g/mol. The van der Waals surface area contributed by atoms with Crippen LogP contribution in [0.4, 0.5) is 0 Å². The van der Waals surface area contributed by atoms with Gasteiger partial charge in [0.1, 0.15) is 9.49 Å². The fourth-order valence-electron chi connectivity index (χ4n) is 9.17. The Balaban J connectivity index is -0.000000326. The van der Waals surface area contributed by atoms with Gasteiger partial charge in [0.15, 0.2) is 11.8 Å². The molecule has 6 N–H and O–H groups in total. The molecule has 2 atom stereocenters. The zero-order valence-corrected chi connectivity index (χ0v) is 58.1. The summed E-state index contributed by atoms with van der Waals surface area (Å²) < 4.78 is 58.8. The van der Waals surface area contributed by atoms with Gasteiger partial charge in [-0.05, 0) is 25.7 Å². The number of carbonyl (C=O) groups excluding carboxylic acids is 4. The molecule has 0 radical (unpaired) electrons. The minimum Gasteiger partial charge on any atom is -0.550 e. The van der Waals surface area contributed by atoms with Gasteiger partial charge in [0.2, 0.25) is 0 Å². The number of rotatable bonds is 52. The summed E-state index contributed by atoms with van der Waals surface area (Å²) in [5.41, 5.74) is 0. The summed E-state index contributed by atoms with van der Waals surface area (Å²) in [6, 6.07) is 0. The van der Waals surface area contributed by atoms with E-state index in [1.165, 1.54) is 38.5 Å². The molecular weight excluding hydrogens is 1130 g/mol. The van der Waals surface area contributed by atoms with Gasteiger partial charge in [0, 0.05) is 24.8 Å². The maximum Gasteiger partial charge on any atom is 1.00 e. The second-order valence-electron chi connectivity index (χ2n) is 20.2. The molecule has 444 valence electrons. The third-order valence-corrected chi connectivity index (χ3v) is 16.9. The Morgan fingerprint density at radius 3 is 0.575 bits per heavy atom. The summed E-state index contributed by atoms with van der Waals surface area (Å²) in [4.78, 5) is 87.5. The Morgan fingerprint density at radius 2 is 0.450 bits per heavy atom. The van der Waals surface area contributed by atoms with Crippen molar-refractivity contribution >= 4 is 68.0 Å². The van der Waals surface area contributed by atoms with E-state index < -0.39 is 115 Å². The average Bonchev–Trinajstić information content (AvgIpc) is 3.30. The van der Waals surface area contributed by atoms with E-state index in [1.807, 2.05) is 0 Å². The number of hydrogen-bond acceptors (Lipinski definition) is 16. The second-order valence-corrected chi connectivity index (χ2v) is 23.6. The summed E-state index contributed by atoms with van der Waals surface area (Å²) in [5.74, 6) is -15.7. The number of aliphatic carboxylic acids is 8. The molecule has 0 spiro atoms. The largest absolute Gasteiger partial charge is 1.00 e. The molecule has 28 heteroatoms. The number of carbonyl (C=O) groups is 8. The molecule has 0 amide bonds. The van der Waals surface area contributed by atoms with Crippen molar-refractivity contribution in [2.75, 3.05) is 0 Å². The summed E-state index contributed by atoms with van der Waals surface area (Å²) >= 11 is 0. The van der Waals surface area contributed by atoms with Crippen LogP contribution in [0.2, 0.25) is 0 Å². The molecular formula is C52H88Na4O22S2. The molecule has 0 saturated carbocycles. The van der Waals surface area contributed by atoms with Gasteiger partial charge >= 0.3 is 142 Å². The van der Waals surface area contributed by atoms with E-state index in [0.29, 0.717) is 25.7 Å². The van der Waals surface area contributed by atoms with Crippen molar-refractivity contribution < 1.29 is 223 Å². The molecule has 0 rings (SSSR count). The molecule has 0 fully saturated rings. The smallest absolute Gasteiger partial charge is 0.550 e. The normalized spacial score (nSPS) is 12.7. The first-order valence-corrected chi connectivity index (χ1v) is 30.3. The van der Waals surface area contributed by atoms with E-state index >= 15 is 0 Å². The van der Waals surface area contributed by atoms with Crippen LogP contribution in [-0.4, -0.2) is 104 Å². The molecule has 0 aliphatic heterocycles. The standard InChI is InChI=1S/2C26H46O11S.4Na/c2*27-22(28)20-26(25(33)34,38(35,36)37)19-17-15-13-11-9-7-5-3-1-2-4-6-8-10-12-14-16-18-21(23(29)30)24(31)32;;;;/h2*21H,1-20H2,(H,27,28)(H,29,30)(H,31,32)(H,33,34)(H,35,36,37);;;;/q;;4*+1/p-4. The van der Waals surface area contributed by atoms with Crippen molar-refractivity contribution in [3.63, 3.8) is 0 Å². The van der Waals surface area contributed by atoms with Crippen molar-refractivity contribution in [3.8, 4) is 0 Å². The van der Waals surface area contributed by atoms with Crippen LogP contribution in [0.3, 0.4) is 0 Å². The third kappa shape index (κ3) is 44.1. The maximum atomic E-state index is 11.5. The molecule has 22 nitrogen and oxygen atoms in total. The molecule has 0 aliphatic carbocycles. The summed E-state index contributed by atoms with van der Waals surface area (Å²) in [7, 11) is -10.3. The van der Waals surface area contributed by atoms with Crippen LogP contribution in [0.25, 0.3) is 0 Å². The molecule has 0 bridgehead atoms. The Morgan fingerprint density at radius 1 is 0.300 bits per heavy atom. The molecule has 0 aromatic rings. The SMILES string of the molecule is O=C([O-])CC(CCCCCCCCCCCCCCCCCCCC(C(=O)O)C(=O)O)(C(=O)[O-])S(=O)(=O)O.O=C([O-])CC(CCCCCCCCCCCCCCCCCCCC(C(=O)O)C(=O)O)(C(=O)[O-])S(=O)(=O)O.[Na+].[Na+].[Na+].[Na+]. The van der Waals surface area contributed by atoms with E-state index in [2.05, 4.69) is 0 Å². The van der Waals surface area contributed by atoms with Gasteiger partial charge in [-0.2, -0.15) is 16.8 Å². The zero-order chi connectivity index (χ0) is 58.1. The fraction of sp³-hybridized carbons (Fsp3) is 0.846. The fourth-order valence-corrected chi connectivity index (χ4v) is 11.0. The van der Waals surface area contributed by atoms with Crippen molar-refractivity contribution in [1.29, 1.82) is 0 Å². The number of hydrogen-bond donors (Lipinski definition) is 6. The minimum atomic E-state index is -5.17. The first-order chi connectivity index (χ1) is 35.7. The minimum absolute atomic E-state index is 0. The van der Waals surface area contributed by atoms with E-state index in [-0.39, 0.29) is 144 Å². The number of unbranched alkanes of at least 4 members (excludes halogenated alkanes) is 32. The topological polar surface area (TPSA) is 418 Å². The van der Waals surface area contributed by atoms with Gasteiger partial charge in [0.25, 0.3) is 20.2 Å². The van der Waals surface area contributed by atoms with E-state index in [9.17, 15) is 84.7 Å². The Labute approximate surface area is 563 Å². The van der Waals surface area contributed by atoms with Crippen molar-refractivity contribution in [1.82, 2.24) is 0 Å². The van der Waals surface area contributed by atoms with Crippen molar-refractivity contribution in [2.45, 2.75) is 266 Å². The van der Waals surface area contributed by atoms with Gasteiger partial charge in [-0.25, -0.2) is 0 Å². The Hall–Kier alpha value is -0.420. The van der Waals surface area contributed by atoms with Crippen molar-refractivity contribution in [2.24, 2.45) is 11.8 Å². The van der Waals surface area contributed by atoms with Crippen molar-refractivity contribution in [3.05, 3.63) is 0 Å². The predicted molar refractivity (Wildman–Crippen MR) is 271 cm³/mol. The van der Waals surface area contributed by atoms with Gasteiger partial charge in [-0.3, -0.25) is 28.3 Å². The maximum absolute atomic E-state index is 11.5. The molecule has 0 aliphatic rings. The van der Waals surface area contributed by atoms with Crippen LogP contribution in [0.1, 0.15) is 257 Å². The number of carboxylic acids is 8. The van der Waals surface area contributed by atoms with Crippen LogP contribution >= 0.6 is 0 Å². The quantitative estimate of drug-likeness (QED) is 0.0143. The summed E-state index contributed by atoms with van der Waals surface area (Å²) in [5, 5.41) is 79.5. The van der Waals surface area contributed by atoms with Gasteiger partial charge in [0.05, 0.1) is 11.9 Å². The molecule has 0 aromatic heterocycles. The van der Waals surface area contributed by atoms with E-state index in [1.54, 1.807) is 0 Å². The first-order valence-electron chi connectivity index (χ1n) is 27.4. The van der Waals surface area contributed by atoms with Gasteiger partial charge in [-0.1, -0.05) is 218 Å². The predicted octanol–water partition coefficient (Wildman–Crippen LogP) is -6.58. The van der Waals surface area contributed by atoms with Gasteiger partial charge < -0.3 is 60.0 Å². The molecule has 0 aromatic carbocycles. The van der Waals surface area contributed by atoms with Crippen LogP contribution in [0.5, 0.6) is 0 Å². The Kier molecular flexibility index (Phi) is 61.3. The molecule has 0 heterocycles. The first kappa shape index (κ1) is 90.8.